The van der Waals surface area contributed by atoms with Gasteiger partial charge in [0.25, 0.3) is 0 Å². The Morgan fingerprint density at radius 1 is 0.955 bits per heavy atom. The van der Waals surface area contributed by atoms with Gasteiger partial charge in [0, 0.05) is 0 Å². The molecular formula is C19H33ClOSi. The SMILES string of the molecule is CCCCCc1cc(CCCCC)c(OC)c([Si](C)(C)Cl)c1. The fourth-order valence-corrected chi connectivity index (χ4v) is 4.66. The summed E-state index contributed by atoms with van der Waals surface area (Å²) in [4.78, 5) is 0. The van der Waals surface area contributed by atoms with Gasteiger partial charge in [0.1, 0.15) is 5.75 Å². The van der Waals surface area contributed by atoms with Gasteiger partial charge in [-0.15, -0.1) is 0 Å². The van der Waals surface area contributed by atoms with Crippen LogP contribution in [0.5, 0.6) is 5.75 Å². The smallest absolute Gasteiger partial charge is 0.185 e. The van der Waals surface area contributed by atoms with Crippen LogP contribution in [-0.4, -0.2) is 14.5 Å². The fourth-order valence-electron chi connectivity index (χ4n) is 2.91. The number of ether oxygens (including phenoxy) is 1. The lowest BCUT2D eigenvalue weighted by Gasteiger charge is -2.22. The van der Waals surface area contributed by atoms with Crippen LogP contribution in [0.1, 0.15) is 63.5 Å². The molecular weight excluding hydrogens is 308 g/mol. The van der Waals surface area contributed by atoms with E-state index in [-0.39, 0.29) is 0 Å². The van der Waals surface area contributed by atoms with Crippen molar-refractivity contribution in [3.63, 3.8) is 0 Å². The second kappa shape index (κ2) is 9.62. The van der Waals surface area contributed by atoms with Gasteiger partial charge in [0.15, 0.2) is 7.38 Å². The summed E-state index contributed by atoms with van der Waals surface area (Å²) in [5.74, 6) is 1.06. The van der Waals surface area contributed by atoms with Crippen molar-refractivity contribution in [2.75, 3.05) is 7.11 Å². The first-order valence-corrected chi connectivity index (χ1v) is 12.8. The molecule has 0 fully saturated rings. The average molecular weight is 341 g/mol. The molecule has 0 bridgehead atoms. The molecule has 126 valence electrons. The molecule has 0 aromatic heterocycles. The maximum Gasteiger partial charge on any atom is 0.185 e. The number of hydrogen-bond acceptors (Lipinski definition) is 1. The molecule has 0 aliphatic carbocycles. The highest BCUT2D eigenvalue weighted by Gasteiger charge is 2.26. The number of aryl methyl sites for hydroxylation is 2. The summed E-state index contributed by atoms with van der Waals surface area (Å²) in [7, 11) is -0.122. The van der Waals surface area contributed by atoms with Crippen LogP contribution in [0.4, 0.5) is 0 Å². The van der Waals surface area contributed by atoms with Crippen molar-refractivity contribution in [3.05, 3.63) is 23.3 Å². The first-order chi connectivity index (χ1) is 10.4. The van der Waals surface area contributed by atoms with E-state index in [1.807, 2.05) is 0 Å². The minimum absolute atomic E-state index is 1.06. The summed E-state index contributed by atoms with van der Waals surface area (Å²) in [5, 5.41) is 1.28. The maximum atomic E-state index is 6.77. The van der Waals surface area contributed by atoms with Gasteiger partial charge in [0.2, 0.25) is 0 Å². The van der Waals surface area contributed by atoms with Crippen LogP contribution >= 0.6 is 11.1 Å². The van der Waals surface area contributed by atoms with Gasteiger partial charge in [-0.25, -0.2) is 0 Å². The largest absolute Gasteiger partial charge is 0.497 e. The molecule has 3 heteroatoms. The minimum atomic E-state index is -1.91. The van der Waals surface area contributed by atoms with Crippen LogP contribution < -0.4 is 9.92 Å². The molecule has 0 aliphatic rings. The highest BCUT2D eigenvalue weighted by atomic mass is 35.6. The molecule has 0 spiro atoms. The molecule has 0 heterocycles. The Morgan fingerprint density at radius 2 is 1.55 bits per heavy atom. The van der Waals surface area contributed by atoms with E-state index >= 15 is 0 Å². The summed E-state index contributed by atoms with van der Waals surface area (Å²) >= 11 is 6.77. The number of rotatable bonds is 10. The van der Waals surface area contributed by atoms with Crippen LogP contribution in [0.15, 0.2) is 12.1 Å². The summed E-state index contributed by atoms with van der Waals surface area (Å²) in [6.07, 6.45) is 9.85. The molecule has 0 amide bonds. The molecule has 0 unspecified atom stereocenters. The summed E-state index contributed by atoms with van der Waals surface area (Å²) in [6.45, 7) is 8.89. The molecule has 22 heavy (non-hydrogen) atoms. The summed E-state index contributed by atoms with van der Waals surface area (Å²) in [6, 6.07) is 4.68. The Bertz CT molecular complexity index is 451. The van der Waals surface area contributed by atoms with Gasteiger partial charge in [0.05, 0.1) is 7.11 Å². The van der Waals surface area contributed by atoms with Crippen molar-refractivity contribution in [2.24, 2.45) is 0 Å². The Labute approximate surface area is 143 Å². The average Bonchev–Trinajstić information content (AvgIpc) is 2.46. The summed E-state index contributed by atoms with van der Waals surface area (Å²) in [5.41, 5.74) is 2.80. The Morgan fingerprint density at radius 3 is 2.05 bits per heavy atom. The van der Waals surface area contributed by atoms with E-state index in [1.165, 1.54) is 54.8 Å². The quantitative estimate of drug-likeness (QED) is 0.296. The van der Waals surface area contributed by atoms with Crippen LogP contribution in [0, 0.1) is 0 Å². The van der Waals surface area contributed by atoms with Crippen LogP contribution in [0.25, 0.3) is 0 Å². The van der Waals surface area contributed by atoms with Crippen molar-refractivity contribution in [1.29, 1.82) is 0 Å². The third-order valence-corrected chi connectivity index (χ3v) is 6.45. The standard InChI is InChI=1S/C19H33ClOSi/c1-6-8-10-12-16-14-17(13-11-9-7-2)19(21-3)18(15-16)22(4,5)20/h14-15H,6-13H2,1-5H3. The molecule has 0 N–H and O–H groups in total. The van der Waals surface area contributed by atoms with Gasteiger partial charge in [-0.1, -0.05) is 64.8 Å². The van der Waals surface area contributed by atoms with Gasteiger partial charge in [-0.05, 0) is 42.0 Å². The van der Waals surface area contributed by atoms with E-state index < -0.39 is 7.38 Å². The number of benzene rings is 1. The van der Waals surface area contributed by atoms with Crippen LogP contribution in [0.2, 0.25) is 13.1 Å². The lowest BCUT2D eigenvalue weighted by molar-refractivity contribution is 0.412. The van der Waals surface area contributed by atoms with E-state index in [4.69, 9.17) is 15.8 Å². The van der Waals surface area contributed by atoms with Gasteiger partial charge in [-0.3, -0.25) is 0 Å². The lowest BCUT2D eigenvalue weighted by Crippen LogP contribution is -2.37. The zero-order chi connectivity index (χ0) is 16.6. The van der Waals surface area contributed by atoms with Crippen LogP contribution in [-0.2, 0) is 12.8 Å². The third kappa shape index (κ3) is 5.96. The molecule has 1 aromatic rings. The zero-order valence-corrected chi connectivity index (χ0v) is 16.9. The number of unbranched alkanes of at least 4 members (excludes halogenated alkanes) is 4. The molecule has 0 saturated carbocycles. The summed E-state index contributed by atoms with van der Waals surface area (Å²) < 4.78 is 5.76. The topological polar surface area (TPSA) is 9.23 Å². The van der Waals surface area contributed by atoms with E-state index in [0.717, 1.165) is 18.6 Å². The third-order valence-electron chi connectivity index (χ3n) is 4.19. The molecule has 0 saturated heterocycles. The molecule has 0 aliphatic heterocycles. The Kier molecular flexibility index (Phi) is 8.56. The Hall–Kier alpha value is -0.473. The predicted octanol–water partition coefficient (Wildman–Crippen LogP) is 5.81. The normalized spacial score (nSPS) is 11.7. The predicted molar refractivity (Wildman–Crippen MR) is 102 cm³/mol. The number of halogens is 1. The second-order valence-corrected chi connectivity index (χ2v) is 13.0. The lowest BCUT2D eigenvalue weighted by atomic mass is 10.00. The Balaban J connectivity index is 3.11. The van der Waals surface area contributed by atoms with E-state index in [2.05, 4.69) is 39.1 Å². The zero-order valence-electron chi connectivity index (χ0n) is 15.1. The van der Waals surface area contributed by atoms with Crippen molar-refractivity contribution < 1.29 is 4.74 Å². The number of hydrogen-bond donors (Lipinski definition) is 0. The van der Waals surface area contributed by atoms with Gasteiger partial charge in [-0.2, -0.15) is 11.1 Å². The fraction of sp³-hybridized carbons (Fsp3) is 0.684. The highest BCUT2D eigenvalue weighted by Crippen LogP contribution is 2.26. The highest BCUT2D eigenvalue weighted by molar-refractivity contribution is 7.26. The van der Waals surface area contributed by atoms with Gasteiger partial charge < -0.3 is 4.74 Å². The molecule has 1 nitrogen and oxygen atoms in total. The van der Waals surface area contributed by atoms with Gasteiger partial charge >= 0.3 is 0 Å². The first kappa shape index (κ1) is 19.6. The first-order valence-electron chi connectivity index (χ1n) is 8.83. The van der Waals surface area contributed by atoms with Crippen molar-refractivity contribution in [3.8, 4) is 5.75 Å². The van der Waals surface area contributed by atoms with E-state index in [0.29, 0.717) is 0 Å². The number of methoxy groups -OCH3 is 1. The van der Waals surface area contributed by atoms with Crippen LogP contribution in [0.3, 0.4) is 0 Å². The molecule has 0 atom stereocenters. The van der Waals surface area contributed by atoms with Crippen molar-refractivity contribution >= 4 is 23.6 Å². The molecule has 1 aromatic carbocycles. The molecule has 1 rings (SSSR count). The van der Waals surface area contributed by atoms with Crippen molar-refractivity contribution in [2.45, 2.75) is 78.3 Å². The second-order valence-electron chi connectivity index (χ2n) is 6.72. The van der Waals surface area contributed by atoms with E-state index in [9.17, 15) is 0 Å². The molecule has 0 radical (unpaired) electrons. The monoisotopic (exact) mass is 340 g/mol. The van der Waals surface area contributed by atoms with Crippen molar-refractivity contribution in [1.82, 2.24) is 0 Å². The maximum absolute atomic E-state index is 6.77. The van der Waals surface area contributed by atoms with E-state index in [1.54, 1.807) is 7.11 Å². The minimum Gasteiger partial charge on any atom is -0.497 e.